The van der Waals surface area contributed by atoms with Gasteiger partial charge in [0.05, 0.1) is 5.75 Å². The number of anilines is 2. The molecule has 0 bridgehead atoms. The molecule has 0 radical (unpaired) electrons. The van der Waals surface area contributed by atoms with Crippen LogP contribution < -0.4 is 11.1 Å². The molecule has 0 aliphatic heterocycles. The number of aromatic nitrogens is 3. The summed E-state index contributed by atoms with van der Waals surface area (Å²) in [5.74, 6) is 0.598. The number of amides is 1. The number of nitrogen functional groups attached to an aromatic ring is 1. The number of benzene rings is 2. The number of nitrogens with one attached hydrogen (secondary N) is 1. The van der Waals surface area contributed by atoms with E-state index in [4.69, 9.17) is 10.2 Å². The molecule has 9 heteroatoms. The van der Waals surface area contributed by atoms with E-state index in [1.54, 1.807) is 0 Å². The zero-order chi connectivity index (χ0) is 17.9. The standard InChI is InChI=1S/C17H13N5O2S2/c18-16-21-22-17(26-16)25-9-14(23)19-11-5-3-4-10(8-11)15-20-12-6-1-2-7-13(12)24-15/h1-8H,9H2,(H2,18,21)(H,19,23). The van der Waals surface area contributed by atoms with Crippen LogP contribution in [-0.4, -0.2) is 26.8 Å². The molecule has 0 aliphatic rings. The third kappa shape index (κ3) is 3.68. The van der Waals surface area contributed by atoms with Crippen molar-refractivity contribution >= 4 is 50.9 Å². The Labute approximate surface area is 156 Å². The Kier molecular flexibility index (Phi) is 4.55. The molecule has 4 aromatic rings. The Morgan fingerprint density at radius 2 is 2.08 bits per heavy atom. The quantitative estimate of drug-likeness (QED) is 0.506. The van der Waals surface area contributed by atoms with E-state index in [2.05, 4.69) is 20.5 Å². The highest BCUT2D eigenvalue weighted by atomic mass is 32.2. The average molecular weight is 383 g/mol. The minimum absolute atomic E-state index is 0.140. The molecule has 0 unspecified atom stereocenters. The molecule has 0 saturated carbocycles. The van der Waals surface area contributed by atoms with Gasteiger partial charge in [-0.2, -0.15) is 0 Å². The van der Waals surface area contributed by atoms with Crippen LogP contribution in [0.2, 0.25) is 0 Å². The maximum absolute atomic E-state index is 12.1. The number of hydrogen-bond acceptors (Lipinski definition) is 8. The van der Waals surface area contributed by atoms with Crippen molar-refractivity contribution in [2.24, 2.45) is 0 Å². The Morgan fingerprint density at radius 3 is 2.88 bits per heavy atom. The molecule has 130 valence electrons. The summed E-state index contributed by atoms with van der Waals surface area (Å²) in [5.41, 5.74) is 8.52. The summed E-state index contributed by atoms with van der Waals surface area (Å²) < 4.78 is 6.43. The van der Waals surface area contributed by atoms with Gasteiger partial charge >= 0.3 is 0 Å². The van der Waals surface area contributed by atoms with Crippen LogP contribution in [0.1, 0.15) is 0 Å². The van der Waals surface area contributed by atoms with Crippen LogP contribution in [0.3, 0.4) is 0 Å². The summed E-state index contributed by atoms with van der Waals surface area (Å²) in [6, 6.07) is 15.0. The van der Waals surface area contributed by atoms with Gasteiger partial charge in [0.2, 0.25) is 16.9 Å². The van der Waals surface area contributed by atoms with Crippen molar-refractivity contribution in [3.8, 4) is 11.5 Å². The number of rotatable bonds is 5. The average Bonchev–Trinajstić information content (AvgIpc) is 3.26. The third-order valence-corrected chi connectivity index (χ3v) is 5.32. The van der Waals surface area contributed by atoms with Gasteiger partial charge in [-0.3, -0.25) is 4.79 Å². The van der Waals surface area contributed by atoms with E-state index < -0.39 is 0 Å². The van der Waals surface area contributed by atoms with Crippen molar-refractivity contribution in [1.29, 1.82) is 0 Å². The molecule has 0 fully saturated rings. The second kappa shape index (κ2) is 7.14. The molecule has 3 N–H and O–H groups in total. The van der Waals surface area contributed by atoms with Crippen molar-refractivity contribution in [2.45, 2.75) is 4.34 Å². The number of para-hydroxylation sites is 2. The van der Waals surface area contributed by atoms with Crippen molar-refractivity contribution < 1.29 is 9.21 Å². The van der Waals surface area contributed by atoms with Gasteiger partial charge in [-0.05, 0) is 30.3 Å². The largest absolute Gasteiger partial charge is 0.436 e. The SMILES string of the molecule is Nc1nnc(SCC(=O)Nc2cccc(-c3nc4ccccc4o3)c2)s1. The van der Waals surface area contributed by atoms with E-state index in [1.165, 1.54) is 23.1 Å². The lowest BCUT2D eigenvalue weighted by atomic mass is 10.2. The first-order valence-corrected chi connectivity index (χ1v) is 9.45. The van der Waals surface area contributed by atoms with E-state index >= 15 is 0 Å². The molecule has 1 amide bonds. The van der Waals surface area contributed by atoms with Crippen molar-refractivity contribution in [1.82, 2.24) is 15.2 Å². The third-order valence-electron chi connectivity index (χ3n) is 3.44. The fourth-order valence-electron chi connectivity index (χ4n) is 2.33. The van der Waals surface area contributed by atoms with E-state index in [0.717, 1.165) is 16.7 Å². The van der Waals surface area contributed by atoms with Crippen LogP contribution in [0.4, 0.5) is 10.8 Å². The number of carbonyl (C=O) groups excluding carboxylic acids is 1. The van der Waals surface area contributed by atoms with Crippen LogP contribution in [0.25, 0.3) is 22.6 Å². The minimum Gasteiger partial charge on any atom is -0.436 e. The Morgan fingerprint density at radius 1 is 1.19 bits per heavy atom. The molecular formula is C17H13N5O2S2. The van der Waals surface area contributed by atoms with E-state index in [9.17, 15) is 4.79 Å². The first-order valence-electron chi connectivity index (χ1n) is 7.65. The van der Waals surface area contributed by atoms with Gasteiger partial charge in [-0.1, -0.05) is 41.3 Å². The van der Waals surface area contributed by atoms with Crippen molar-refractivity contribution in [2.75, 3.05) is 16.8 Å². The van der Waals surface area contributed by atoms with Crippen molar-refractivity contribution in [3.63, 3.8) is 0 Å². The maximum Gasteiger partial charge on any atom is 0.234 e. The summed E-state index contributed by atoms with van der Waals surface area (Å²) in [5, 5.41) is 10.8. The van der Waals surface area contributed by atoms with E-state index in [0.29, 0.717) is 21.0 Å². The zero-order valence-corrected chi connectivity index (χ0v) is 15.0. The maximum atomic E-state index is 12.1. The second-order valence-corrected chi connectivity index (χ2v) is 7.54. The predicted molar refractivity (Wildman–Crippen MR) is 103 cm³/mol. The van der Waals surface area contributed by atoms with Gasteiger partial charge in [0.25, 0.3) is 0 Å². The number of nitrogens with two attached hydrogens (primary N) is 1. The first kappa shape index (κ1) is 16.6. The molecule has 7 nitrogen and oxygen atoms in total. The summed E-state index contributed by atoms with van der Waals surface area (Å²) in [4.78, 5) is 16.6. The molecule has 26 heavy (non-hydrogen) atoms. The molecule has 2 aromatic carbocycles. The van der Waals surface area contributed by atoms with Gasteiger partial charge in [0, 0.05) is 11.3 Å². The summed E-state index contributed by atoms with van der Waals surface area (Å²) >= 11 is 2.55. The predicted octanol–water partition coefficient (Wildman–Crippen LogP) is 3.66. The van der Waals surface area contributed by atoms with E-state index in [1.807, 2.05) is 48.5 Å². The minimum atomic E-state index is -0.140. The molecule has 2 heterocycles. The number of carbonyl (C=O) groups is 1. The number of oxazole rings is 1. The van der Waals surface area contributed by atoms with Gasteiger partial charge in [0.1, 0.15) is 5.52 Å². The van der Waals surface area contributed by atoms with Crippen LogP contribution in [0.15, 0.2) is 57.3 Å². The Hall–Kier alpha value is -2.91. The van der Waals surface area contributed by atoms with Crippen LogP contribution in [-0.2, 0) is 4.79 Å². The molecule has 0 saturated heterocycles. The highest BCUT2D eigenvalue weighted by molar-refractivity contribution is 8.01. The zero-order valence-electron chi connectivity index (χ0n) is 13.4. The summed E-state index contributed by atoms with van der Waals surface area (Å²) in [6.45, 7) is 0. The summed E-state index contributed by atoms with van der Waals surface area (Å²) in [6.07, 6.45) is 0. The van der Waals surface area contributed by atoms with Crippen LogP contribution >= 0.6 is 23.1 Å². The van der Waals surface area contributed by atoms with Gasteiger partial charge in [0.15, 0.2) is 9.92 Å². The highest BCUT2D eigenvalue weighted by Crippen LogP contribution is 2.27. The second-order valence-electron chi connectivity index (χ2n) is 5.31. The smallest absolute Gasteiger partial charge is 0.234 e. The van der Waals surface area contributed by atoms with Crippen molar-refractivity contribution in [3.05, 3.63) is 48.5 Å². The van der Waals surface area contributed by atoms with Crippen LogP contribution in [0.5, 0.6) is 0 Å². The molecule has 0 atom stereocenters. The lowest BCUT2D eigenvalue weighted by molar-refractivity contribution is -0.113. The molecule has 4 rings (SSSR count). The monoisotopic (exact) mass is 383 g/mol. The normalized spacial score (nSPS) is 10.9. The fourth-order valence-corrected chi connectivity index (χ4v) is 3.76. The first-order chi connectivity index (χ1) is 12.7. The lowest BCUT2D eigenvalue weighted by Crippen LogP contribution is -2.13. The summed E-state index contributed by atoms with van der Waals surface area (Å²) in [7, 11) is 0. The number of nitrogens with zero attached hydrogens (tertiary/aromatic N) is 3. The highest BCUT2D eigenvalue weighted by Gasteiger charge is 2.10. The number of thioether (sulfide) groups is 1. The van der Waals surface area contributed by atoms with E-state index in [-0.39, 0.29) is 11.7 Å². The van der Waals surface area contributed by atoms with Gasteiger partial charge in [-0.15, -0.1) is 10.2 Å². The lowest BCUT2D eigenvalue weighted by Gasteiger charge is -2.05. The van der Waals surface area contributed by atoms with Crippen LogP contribution in [0, 0.1) is 0 Å². The Balaban J connectivity index is 1.46. The fraction of sp³-hybridized carbons (Fsp3) is 0.0588. The molecule has 0 aliphatic carbocycles. The number of fused-ring (bicyclic) bond motifs is 1. The molecular weight excluding hydrogens is 370 g/mol. The Bertz CT molecular complexity index is 1040. The molecule has 2 aromatic heterocycles. The number of hydrogen-bond donors (Lipinski definition) is 2. The molecule has 0 spiro atoms. The van der Waals surface area contributed by atoms with Gasteiger partial charge < -0.3 is 15.5 Å². The van der Waals surface area contributed by atoms with Gasteiger partial charge in [-0.25, -0.2) is 4.98 Å². The topological polar surface area (TPSA) is 107 Å².